The Labute approximate surface area is 82.2 Å². The first kappa shape index (κ1) is 8.75. The van der Waals surface area contributed by atoms with Crippen LogP contribution >= 0.6 is 0 Å². The van der Waals surface area contributed by atoms with Gasteiger partial charge in [0, 0.05) is 5.92 Å². The van der Waals surface area contributed by atoms with E-state index in [-0.39, 0.29) is 17.5 Å². The minimum absolute atomic E-state index is 0.0278. The maximum absolute atomic E-state index is 10.9. The van der Waals surface area contributed by atoms with Crippen molar-refractivity contribution in [2.75, 3.05) is 0 Å². The highest BCUT2D eigenvalue weighted by Crippen LogP contribution is 2.23. The van der Waals surface area contributed by atoms with Gasteiger partial charge in [-0.1, -0.05) is 24.3 Å². The van der Waals surface area contributed by atoms with E-state index in [4.69, 9.17) is 5.11 Å². The molecule has 1 aromatic rings. The molecule has 2 heteroatoms. The molecule has 1 N–H and O–H groups in total. The molecule has 2 rings (SSSR count). The van der Waals surface area contributed by atoms with Gasteiger partial charge in [-0.3, -0.25) is 4.79 Å². The van der Waals surface area contributed by atoms with Crippen LogP contribution < -0.4 is 0 Å². The molecule has 1 aliphatic rings. The van der Waals surface area contributed by atoms with Crippen LogP contribution in [0.4, 0.5) is 0 Å². The number of carbonyl (C=O) groups is 1. The first-order chi connectivity index (χ1) is 6.75. The predicted octanol–water partition coefficient (Wildman–Crippen LogP) is 2.17. The Hall–Kier alpha value is -1.83. The average molecular weight is 186 g/mol. The molecule has 0 aliphatic heterocycles. The van der Waals surface area contributed by atoms with E-state index in [1.807, 2.05) is 24.3 Å². The van der Waals surface area contributed by atoms with Gasteiger partial charge in [-0.05, 0) is 29.8 Å². The quantitative estimate of drug-likeness (QED) is 0.729. The Morgan fingerprint density at radius 1 is 1.00 bits per heavy atom. The standard InChI is InChI=1S/C12H10O2/c13-11-5-1-9(2-6-11)10-3-7-12(14)8-4-10/h1-9,14H. The first-order valence-electron chi connectivity index (χ1n) is 4.45. The highest BCUT2D eigenvalue weighted by molar-refractivity contribution is 6.00. The third-order valence-corrected chi connectivity index (χ3v) is 2.21. The lowest BCUT2D eigenvalue weighted by atomic mass is 9.94. The van der Waals surface area contributed by atoms with Gasteiger partial charge in [-0.25, -0.2) is 0 Å². The van der Waals surface area contributed by atoms with E-state index in [9.17, 15) is 4.79 Å². The summed E-state index contributed by atoms with van der Waals surface area (Å²) in [6, 6.07) is 7.00. The zero-order chi connectivity index (χ0) is 9.97. The van der Waals surface area contributed by atoms with Crippen molar-refractivity contribution in [2.24, 2.45) is 0 Å². The molecule has 0 spiro atoms. The molecule has 0 saturated heterocycles. The van der Waals surface area contributed by atoms with Crippen molar-refractivity contribution in [2.45, 2.75) is 5.92 Å². The Kier molecular flexibility index (Phi) is 2.19. The molecule has 0 heterocycles. The molecule has 1 aromatic carbocycles. The van der Waals surface area contributed by atoms with Crippen LogP contribution in [0, 0.1) is 0 Å². The first-order valence-corrected chi connectivity index (χ1v) is 4.45. The highest BCUT2D eigenvalue weighted by atomic mass is 16.3. The number of carbonyl (C=O) groups excluding carboxylic acids is 1. The van der Waals surface area contributed by atoms with Crippen LogP contribution in [-0.4, -0.2) is 10.9 Å². The summed E-state index contributed by atoms with van der Waals surface area (Å²) >= 11 is 0. The van der Waals surface area contributed by atoms with E-state index >= 15 is 0 Å². The van der Waals surface area contributed by atoms with Crippen molar-refractivity contribution in [1.82, 2.24) is 0 Å². The summed E-state index contributed by atoms with van der Waals surface area (Å²) in [5, 5.41) is 9.11. The Morgan fingerprint density at radius 2 is 1.57 bits per heavy atom. The molecular formula is C12H10O2. The van der Waals surface area contributed by atoms with Crippen LogP contribution in [0.15, 0.2) is 48.6 Å². The molecule has 0 atom stereocenters. The van der Waals surface area contributed by atoms with Crippen LogP contribution in [0.3, 0.4) is 0 Å². The van der Waals surface area contributed by atoms with E-state index < -0.39 is 0 Å². The Balaban J connectivity index is 2.24. The number of phenolic OH excluding ortho intramolecular Hbond substituents is 1. The largest absolute Gasteiger partial charge is 0.508 e. The van der Waals surface area contributed by atoms with Crippen molar-refractivity contribution in [1.29, 1.82) is 0 Å². The minimum atomic E-state index is 0.0278. The summed E-state index contributed by atoms with van der Waals surface area (Å²) in [6.45, 7) is 0. The van der Waals surface area contributed by atoms with E-state index in [0.717, 1.165) is 5.56 Å². The number of hydrogen-bond acceptors (Lipinski definition) is 2. The van der Waals surface area contributed by atoms with Crippen molar-refractivity contribution < 1.29 is 9.90 Å². The van der Waals surface area contributed by atoms with Gasteiger partial charge in [0.1, 0.15) is 5.75 Å². The van der Waals surface area contributed by atoms with Crippen molar-refractivity contribution in [3.8, 4) is 5.75 Å². The lowest BCUT2D eigenvalue weighted by Crippen LogP contribution is -1.99. The number of benzene rings is 1. The van der Waals surface area contributed by atoms with Gasteiger partial charge >= 0.3 is 0 Å². The Morgan fingerprint density at radius 3 is 2.14 bits per heavy atom. The van der Waals surface area contributed by atoms with Crippen LogP contribution in [0.1, 0.15) is 11.5 Å². The molecule has 0 unspecified atom stereocenters. The van der Waals surface area contributed by atoms with Gasteiger partial charge in [0.15, 0.2) is 5.78 Å². The van der Waals surface area contributed by atoms with Gasteiger partial charge in [-0.15, -0.1) is 0 Å². The van der Waals surface area contributed by atoms with Gasteiger partial charge < -0.3 is 5.11 Å². The number of ketones is 1. The molecule has 2 nitrogen and oxygen atoms in total. The summed E-state index contributed by atoms with van der Waals surface area (Å²) in [4.78, 5) is 10.9. The second-order valence-corrected chi connectivity index (χ2v) is 3.24. The number of phenols is 1. The normalized spacial score (nSPS) is 16.1. The fourth-order valence-electron chi connectivity index (χ4n) is 1.44. The molecule has 1 aliphatic carbocycles. The maximum atomic E-state index is 10.9. The number of hydrogen-bond donors (Lipinski definition) is 1. The third kappa shape index (κ3) is 1.74. The predicted molar refractivity (Wildman–Crippen MR) is 54.1 cm³/mol. The monoisotopic (exact) mass is 186 g/mol. The third-order valence-electron chi connectivity index (χ3n) is 2.21. The van der Waals surface area contributed by atoms with Crippen molar-refractivity contribution >= 4 is 5.78 Å². The number of aromatic hydroxyl groups is 1. The van der Waals surface area contributed by atoms with Crippen molar-refractivity contribution in [3.05, 3.63) is 54.1 Å². The molecule has 0 saturated carbocycles. The molecular weight excluding hydrogens is 176 g/mol. The summed E-state index contributed by atoms with van der Waals surface area (Å²) in [5.41, 5.74) is 1.07. The molecule has 0 bridgehead atoms. The molecule has 0 aromatic heterocycles. The molecule has 0 radical (unpaired) electrons. The summed E-state index contributed by atoms with van der Waals surface area (Å²) in [6.07, 6.45) is 6.85. The van der Waals surface area contributed by atoms with Crippen LogP contribution in [0.25, 0.3) is 0 Å². The zero-order valence-corrected chi connectivity index (χ0v) is 7.55. The summed E-state index contributed by atoms with van der Waals surface area (Å²) < 4.78 is 0. The molecule has 70 valence electrons. The fourth-order valence-corrected chi connectivity index (χ4v) is 1.44. The van der Waals surface area contributed by atoms with Gasteiger partial charge in [0.25, 0.3) is 0 Å². The van der Waals surface area contributed by atoms with Crippen LogP contribution in [0.2, 0.25) is 0 Å². The van der Waals surface area contributed by atoms with E-state index in [0.29, 0.717) is 0 Å². The van der Waals surface area contributed by atoms with E-state index in [2.05, 4.69) is 0 Å². The average Bonchev–Trinajstić information content (AvgIpc) is 2.21. The van der Waals surface area contributed by atoms with E-state index in [1.165, 1.54) is 0 Å². The highest BCUT2D eigenvalue weighted by Gasteiger charge is 2.08. The smallest absolute Gasteiger partial charge is 0.178 e. The second kappa shape index (κ2) is 3.50. The molecule has 14 heavy (non-hydrogen) atoms. The number of rotatable bonds is 1. The van der Waals surface area contributed by atoms with Gasteiger partial charge in [0.05, 0.1) is 0 Å². The minimum Gasteiger partial charge on any atom is -0.508 e. The number of allylic oxidation sites excluding steroid dienone is 4. The topological polar surface area (TPSA) is 37.3 Å². The fraction of sp³-hybridized carbons (Fsp3) is 0.0833. The van der Waals surface area contributed by atoms with Gasteiger partial charge in [0.2, 0.25) is 0 Å². The van der Waals surface area contributed by atoms with Crippen molar-refractivity contribution in [3.63, 3.8) is 0 Å². The van der Waals surface area contributed by atoms with Gasteiger partial charge in [-0.2, -0.15) is 0 Å². The Bertz CT molecular complexity index is 383. The summed E-state index contributed by atoms with van der Waals surface area (Å²) in [7, 11) is 0. The van der Waals surface area contributed by atoms with E-state index in [1.54, 1.807) is 24.3 Å². The zero-order valence-electron chi connectivity index (χ0n) is 7.55. The maximum Gasteiger partial charge on any atom is 0.178 e. The molecule has 0 amide bonds. The van der Waals surface area contributed by atoms with Crippen LogP contribution in [-0.2, 0) is 4.79 Å². The summed E-state index contributed by atoms with van der Waals surface area (Å²) in [5.74, 6) is 0.432. The lowest BCUT2D eigenvalue weighted by Gasteiger charge is -2.10. The lowest BCUT2D eigenvalue weighted by molar-refractivity contribution is -0.110. The second-order valence-electron chi connectivity index (χ2n) is 3.24. The van der Waals surface area contributed by atoms with Crippen LogP contribution in [0.5, 0.6) is 5.75 Å². The SMILES string of the molecule is O=C1C=CC(c2ccc(O)cc2)C=C1. The molecule has 0 fully saturated rings.